The van der Waals surface area contributed by atoms with E-state index in [4.69, 9.17) is 0 Å². The van der Waals surface area contributed by atoms with Crippen LogP contribution in [-0.4, -0.2) is 65.3 Å². The molecule has 1 aromatic rings. The van der Waals surface area contributed by atoms with E-state index in [1.165, 1.54) is 0 Å². The SMILES string of the molecule is C[N+](C)(C)C.C[N+](C)(C)C.O=c1c([O-])c([S-])c1=O. The highest BCUT2D eigenvalue weighted by molar-refractivity contribution is 7.59. The fraction of sp³-hybridized carbons (Fsp3) is 0.667. The van der Waals surface area contributed by atoms with Crippen molar-refractivity contribution in [1.29, 1.82) is 0 Å². The molecule has 0 saturated heterocycles. The summed E-state index contributed by atoms with van der Waals surface area (Å²) >= 11 is 4.19. The molecule has 0 heterocycles. The maximum absolute atomic E-state index is 10.1. The Morgan fingerprint density at radius 3 is 1.06 bits per heavy atom. The summed E-state index contributed by atoms with van der Waals surface area (Å²) in [5.74, 6) is -0.815. The number of quaternary nitrogens is 2. The van der Waals surface area contributed by atoms with Gasteiger partial charge in [-0.3, -0.25) is 9.59 Å². The first-order valence-corrected chi connectivity index (χ1v) is 5.80. The highest BCUT2D eigenvalue weighted by atomic mass is 32.1. The highest BCUT2D eigenvalue weighted by Gasteiger charge is 1.98. The van der Waals surface area contributed by atoms with E-state index >= 15 is 0 Å². The van der Waals surface area contributed by atoms with Gasteiger partial charge in [-0.05, 0) is 0 Å². The van der Waals surface area contributed by atoms with Crippen molar-refractivity contribution in [1.82, 2.24) is 0 Å². The summed E-state index contributed by atoms with van der Waals surface area (Å²) in [6, 6.07) is 0. The van der Waals surface area contributed by atoms with Gasteiger partial charge < -0.3 is 26.7 Å². The fourth-order valence-corrected chi connectivity index (χ4v) is 0.535. The van der Waals surface area contributed by atoms with Crippen LogP contribution in [0.2, 0.25) is 0 Å². The molecule has 0 amide bonds. The average Bonchev–Trinajstić information content (AvgIpc) is 2.09. The summed E-state index contributed by atoms with van der Waals surface area (Å²) in [5, 5.41) is 10.1. The Kier molecular flexibility index (Phi) is 7.34. The molecule has 0 aliphatic rings. The van der Waals surface area contributed by atoms with Crippen molar-refractivity contribution in [2.24, 2.45) is 0 Å². The third-order valence-electron chi connectivity index (χ3n) is 0.825. The molecule has 106 valence electrons. The van der Waals surface area contributed by atoms with Crippen molar-refractivity contribution in [3.8, 4) is 5.75 Å². The topological polar surface area (TPSA) is 57.2 Å². The molecule has 0 saturated carbocycles. The molecule has 0 N–H and O–H groups in total. The second-order valence-corrected chi connectivity index (χ2v) is 7.09. The predicted octanol–water partition coefficient (Wildman–Crippen LogP) is -1.09. The third kappa shape index (κ3) is 13.1. The maximum Gasteiger partial charge on any atom is 0.214 e. The van der Waals surface area contributed by atoms with Crippen LogP contribution in [0.3, 0.4) is 0 Å². The Morgan fingerprint density at radius 2 is 1.00 bits per heavy atom. The molecule has 0 spiro atoms. The zero-order chi connectivity index (χ0) is 15.3. The van der Waals surface area contributed by atoms with Crippen LogP contribution < -0.4 is 16.0 Å². The molecule has 0 aromatic heterocycles. The zero-order valence-electron chi connectivity index (χ0n) is 12.5. The first-order valence-electron chi connectivity index (χ1n) is 5.39. The quantitative estimate of drug-likeness (QED) is 0.343. The van der Waals surface area contributed by atoms with E-state index in [-0.39, 0.29) is 4.90 Å². The van der Waals surface area contributed by atoms with Crippen LogP contribution in [0.1, 0.15) is 0 Å². The van der Waals surface area contributed by atoms with Gasteiger partial charge in [-0.1, -0.05) is 5.75 Å². The van der Waals surface area contributed by atoms with Crippen LogP contribution in [0.15, 0.2) is 14.5 Å². The van der Waals surface area contributed by atoms with Crippen LogP contribution in [0.4, 0.5) is 0 Å². The van der Waals surface area contributed by atoms with Crippen LogP contribution in [-0.2, 0) is 12.6 Å². The Hall–Kier alpha value is -0.980. The number of hydrogen-bond donors (Lipinski definition) is 0. The molecule has 1 rings (SSSR count). The zero-order valence-corrected chi connectivity index (χ0v) is 13.3. The van der Waals surface area contributed by atoms with Crippen molar-refractivity contribution in [2.45, 2.75) is 4.90 Å². The maximum atomic E-state index is 10.1. The summed E-state index contributed by atoms with van der Waals surface area (Å²) in [6.45, 7) is 0. The number of hydrogen-bond acceptors (Lipinski definition) is 4. The van der Waals surface area contributed by atoms with Gasteiger partial charge in [0, 0.05) is 0 Å². The molecule has 0 atom stereocenters. The predicted molar refractivity (Wildman–Crippen MR) is 74.3 cm³/mol. The first-order chi connectivity index (χ1) is 7.64. The van der Waals surface area contributed by atoms with Crippen LogP contribution >= 0.6 is 0 Å². The normalized spacial score (nSPS) is 11.1. The number of rotatable bonds is 0. The lowest BCUT2D eigenvalue weighted by Crippen LogP contribution is -2.36. The minimum absolute atomic E-state index is 0.352. The molecule has 0 aliphatic heterocycles. The van der Waals surface area contributed by atoms with Crippen molar-refractivity contribution in [3.05, 3.63) is 20.4 Å². The Labute approximate surface area is 115 Å². The second kappa shape index (κ2) is 6.82. The molecule has 0 fully saturated rings. The van der Waals surface area contributed by atoms with Crippen LogP contribution in [0.5, 0.6) is 5.75 Å². The minimum Gasteiger partial charge on any atom is -0.871 e. The molecular formula is C12H24N2O3S. The lowest BCUT2D eigenvalue weighted by molar-refractivity contribution is -0.849. The largest absolute Gasteiger partial charge is 0.871 e. The van der Waals surface area contributed by atoms with E-state index in [2.05, 4.69) is 69.0 Å². The Bertz CT molecular complexity index is 381. The molecule has 0 bridgehead atoms. The summed E-state index contributed by atoms with van der Waals surface area (Å²) in [4.78, 5) is 19.7. The summed E-state index contributed by atoms with van der Waals surface area (Å²) in [5.41, 5.74) is -1.79. The van der Waals surface area contributed by atoms with Crippen molar-refractivity contribution >= 4 is 12.6 Å². The van der Waals surface area contributed by atoms with Crippen molar-refractivity contribution in [2.75, 3.05) is 56.4 Å². The first kappa shape index (κ1) is 19.4. The third-order valence-corrected chi connectivity index (χ3v) is 1.20. The van der Waals surface area contributed by atoms with E-state index in [1.807, 2.05) is 0 Å². The lowest BCUT2D eigenvalue weighted by Gasteiger charge is -2.17. The van der Waals surface area contributed by atoms with Gasteiger partial charge in [0.05, 0.1) is 56.4 Å². The molecular weight excluding hydrogens is 252 g/mol. The summed E-state index contributed by atoms with van der Waals surface area (Å²) in [6.07, 6.45) is 0. The van der Waals surface area contributed by atoms with E-state index in [1.54, 1.807) is 0 Å². The van der Waals surface area contributed by atoms with Gasteiger partial charge in [0.25, 0.3) is 0 Å². The fourth-order valence-electron chi connectivity index (χ4n) is 0.350. The monoisotopic (exact) mass is 276 g/mol. The summed E-state index contributed by atoms with van der Waals surface area (Å²) < 4.78 is 2.00. The van der Waals surface area contributed by atoms with E-state index in [9.17, 15) is 14.7 Å². The van der Waals surface area contributed by atoms with Gasteiger partial charge in [-0.2, -0.15) is 0 Å². The standard InChI is InChI=1S/2C4H12N.C4H2O3S/c2*1-5(2,3)4;5-1-2(6)4(8)3(1)7/h2*1-4H3;6,8H/q2*+1;/p-2. The van der Waals surface area contributed by atoms with E-state index < -0.39 is 16.6 Å². The molecule has 0 radical (unpaired) electrons. The van der Waals surface area contributed by atoms with Gasteiger partial charge >= 0.3 is 0 Å². The van der Waals surface area contributed by atoms with Gasteiger partial charge in [-0.25, -0.2) is 0 Å². The van der Waals surface area contributed by atoms with Crippen molar-refractivity contribution < 1.29 is 14.1 Å². The van der Waals surface area contributed by atoms with Crippen LogP contribution in [0.25, 0.3) is 0 Å². The Morgan fingerprint density at radius 1 is 0.778 bits per heavy atom. The molecule has 0 aliphatic carbocycles. The van der Waals surface area contributed by atoms with E-state index in [0.29, 0.717) is 0 Å². The van der Waals surface area contributed by atoms with Gasteiger partial charge in [0.15, 0.2) is 0 Å². The molecule has 18 heavy (non-hydrogen) atoms. The van der Waals surface area contributed by atoms with Gasteiger partial charge in [-0.15, -0.1) is 4.90 Å². The molecule has 5 nitrogen and oxygen atoms in total. The number of nitrogens with zero attached hydrogens (tertiary/aromatic N) is 2. The Balaban J connectivity index is 0. The van der Waals surface area contributed by atoms with Crippen LogP contribution in [0, 0.1) is 0 Å². The summed E-state index contributed by atoms with van der Waals surface area (Å²) in [7, 11) is 17.0. The average molecular weight is 276 g/mol. The van der Waals surface area contributed by atoms with Gasteiger partial charge in [0.1, 0.15) is 0 Å². The second-order valence-electron chi connectivity index (χ2n) is 6.68. The molecule has 6 heteroatoms. The highest BCUT2D eigenvalue weighted by Crippen LogP contribution is 1.99. The van der Waals surface area contributed by atoms with Gasteiger partial charge in [0.2, 0.25) is 10.9 Å². The van der Waals surface area contributed by atoms with Crippen molar-refractivity contribution in [3.63, 3.8) is 0 Å². The lowest BCUT2D eigenvalue weighted by atomic mass is 10.3. The molecule has 1 aromatic carbocycles. The molecule has 0 unspecified atom stereocenters. The smallest absolute Gasteiger partial charge is 0.214 e. The van der Waals surface area contributed by atoms with E-state index in [0.717, 1.165) is 8.97 Å². The minimum atomic E-state index is -0.977.